The number of halogens is 1. The van der Waals surface area contributed by atoms with Crippen molar-refractivity contribution < 1.29 is 24.2 Å². The number of carbonyl (C=O) groups is 2. The topological polar surface area (TPSA) is 72.8 Å². The molecule has 2 fully saturated rings. The molecule has 1 heterocycles. The summed E-state index contributed by atoms with van der Waals surface area (Å²) in [5.74, 6) is -0.904. The Kier molecular flexibility index (Phi) is 7.73. The highest BCUT2D eigenvalue weighted by atomic mass is 35.5. The van der Waals surface area contributed by atoms with Crippen molar-refractivity contribution in [1.29, 1.82) is 0 Å². The van der Waals surface area contributed by atoms with Crippen LogP contribution in [0.4, 0.5) is 0 Å². The molecule has 5 atom stereocenters. The lowest BCUT2D eigenvalue weighted by Gasteiger charge is -2.20. The summed E-state index contributed by atoms with van der Waals surface area (Å²) in [6.07, 6.45) is 4.23. The molecule has 0 unspecified atom stereocenters. The second kappa shape index (κ2) is 11.3. The number of ether oxygens (including phenoxy) is 2. The van der Waals surface area contributed by atoms with E-state index in [1.807, 2.05) is 72.8 Å². The fourth-order valence-electron chi connectivity index (χ4n) is 5.28. The van der Waals surface area contributed by atoms with Crippen LogP contribution < -0.4 is 0 Å². The molecule has 5 rings (SSSR count). The Balaban J connectivity index is 1.24. The highest BCUT2D eigenvalue weighted by Crippen LogP contribution is 2.43. The molecule has 0 bridgehead atoms. The minimum atomic E-state index is -0.669. The molecule has 0 radical (unpaired) electrons. The highest BCUT2D eigenvalue weighted by molar-refractivity contribution is 6.30. The van der Waals surface area contributed by atoms with Gasteiger partial charge in [0.25, 0.3) is 0 Å². The quantitative estimate of drug-likeness (QED) is 0.292. The van der Waals surface area contributed by atoms with Crippen molar-refractivity contribution in [3.8, 4) is 11.1 Å². The summed E-state index contributed by atoms with van der Waals surface area (Å²) in [6, 6.07) is 24.9. The fourth-order valence-corrected chi connectivity index (χ4v) is 5.50. The van der Waals surface area contributed by atoms with Gasteiger partial charge in [0.05, 0.1) is 18.1 Å². The molecule has 1 saturated heterocycles. The molecule has 1 N–H and O–H groups in total. The van der Waals surface area contributed by atoms with Gasteiger partial charge in [0.1, 0.15) is 12.2 Å². The van der Waals surface area contributed by atoms with E-state index in [-0.39, 0.29) is 30.3 Å². The van der Waals surface area contributed by atoms with Crippen LogP contribution in [0, 0.1) is 11.8 Å². The van der Waals surface area contributed by atoms with E-state index in [1.54, 1.807) is 18.2 Å². The van der Waals surface area contributed by atoms with Crippen LogP contribution in [0.25, 0.3) is 11.1 Å². The van der Waals surface area contributed by atoms with Crippen LogP contribution in [0.5, 0.6) is 0 Å². The second-order valence-electron chi connectivity index (χ2n) is 9.72. The summed E-state index contributed by atoms with van der Waals surface area (Å²) < 4.78 is 11.4. The Morgan fingerprint density at radius 3 is 2.57 bits per heavy atom. The van der Waals surface area contributed by atoms with Crippen LogP contribution in [0.1, 0.15) is 35.2 Å². The van der Waals surface area contributed by atoms with E-state index >= 15 is 0 Å². The van der Waals surface area contributed by atoms with Gasteiger partial charge in [-0.3, -0.25) is 4.79 Å². The number of esters is 2. The molecule has 0 aromatic heterocycles. The number of aliphatic hydroxyl groups excluding tert-OH is 1. The van der Waals surface area contributed by atoms with Gasteiger partial charge in [0, 0.05) is 23.3 Å². The van der Waals surface area contributed by atoms with Crippen LogP contribution >= 0.6 is 11.6 Å². The molecule has 3 aromatic carbocycles. The number of hydrogen-bond acceptors (Lipinski definition) is 5. The normalized spacial score (nSPS) is 23.6. The van der Waals surface area contributed by atoms with E-state index < -0.39 is 18.2 Å². The van der Waals surface area contributed by atoms with Crippen molar-refractivity contribution >= 4 is 23.5 Å². The van der Waals surface area contributed by atoms with Crippen LogP contribution in [0.3, 0.4) is 0 Å². The van der Waals surface area contributed by atoms with Gasteiger partial charge in [-0.05, 0) is 53.8 Å². The Labute approximate surface area is 221 Å². The molecule has 5 nitrogen and oxygen atoms in total. The van der Waals surface area contributed by atoms with E-state index in [0.29, 0.717) is 29.8 Å². The molecule has 1 saturated carbocycles. The SMILES string of the molecule is O=C1C[C@@H]2[C@@H](/C=C/[C@@H](O)CCc3cccc(Cl)c3)[C@H](OC(=O)c3ccc(-c4ccccc4)cc3)C[C@@H]2O1. The lowest BCUT2D eigenvalue weighted by molar-refractivity contribution is -0.141. The van der Waals surface area contributed by atoms with Crippen LogP contribution in [0.15, 0.2) is 91.0 Å². The number of benzene rings is 3. The Bertz CT molecular complexity index is 1270. The molecule has 0 spiro atoms. The average molecular weight is 517 g/mol. The highest BCUT2D eigenvalue weighted by Gasteiger charge is 2.50. The van der Waals surface area contributed by atoms with Gasteiger partial charge in [-0.2, -0.15) is 0 Å². The minimum Gasteiger partial charge on any atom is -0.462 e. The van der Waals surface area contributed by atoms with Gasteiger partial charge >= 0.3 is 11.9 Å². The van der Waals surface area contributed by atoms with Crippen LogP contribution in [-0.2, 0) is 20.7 Å². The predicted octanol–water partition coefficient (Wildman–Crippen LogP) is 6.03. The molecular formula is C31H29ClO5. The molecule has 1 aliphatic heterocycles. The van der Waals surface area contributed by atoms with Crippen molar-refractivity contribution in [1.82, 2.24) is 0 Å². The van der Waals surface area contributed by atoms with E-state index in [4.69, 9.17) is 21.1 Å². The van der Waals surface area contributed by atoms with Crippen molar-refractivity contribution in [2.24, 2.45) is 11.8 Å². The molecule has 2 aliphatic rings. The Hall–Kier alpha value is -3.41. The maximum absolute atomic E-state index is 13.0. The monoisotopic (exact) mass is 516 g/mol. The molecule has 1 aliphatic carbocycles. The standard InChI is InChI=1S/C31H29ClO5/c32-24-8-4-5-20(17-24)9-14-25(33)15-16-26-27-18-30(34)36-29(27)19-28(26)37-31(35)23-12-10-22(11-13-23)21-6-2-1-3-7-21/h1-8,10-13,15-17,25-29,33H,9,14,18-19H2/b16-15+/t25-,26+,27+,28+,29-/m0/s1. The number of carbonyl (C=O) groups excluding carboxylic acids is 2. The number of aryl methyl sites for hydroxylation is 1. The average Bonchev–Trinajstić information content (AvgIpc) is 3.42. The molecule has 37 heavy (non-hydrogen) atoms. The van der Waals surface area contributed by atoms with Crippen LogP contribution in [-0.4, -0.2) is 35.4 Å². The zero-order chi connectivity index (χ0) is 25.8. The van der Waals surface area contributed by atoms with Gasteiger partial charge in [0.2, 0.25) is 0 Å². The third-order valence-corrected chi connectivity index (χ3v) is 7.45. The zero-order valence-electron chi connectivity index (χ0n) is 20.3. The van der Waals surface area contributed by atoms with Gasteiger partial charge in [-0.15, -0.1) is 0 Å². The molecule has 190 valence electrons. The number of aliphatic hydroxyl groups is 1. The summed E-state index contributed by atoms with van der Waals surface area (Å²) in [4.78, 5) is 24.9. The predicted molar refractivity (Wildman–Crippen MR) is 142 cm³/mol. The van der Waals surface area contributed by atoms with Crippen molar-refractivity contribution in [2.75, 3.05) is 0 Å². The maximum atomic E-state index is 13.0. The minimum absolute atomic E-state index is 0.0675. The largest absolute Gasteiger partial charge is 0.462 e. The van der Waals surface area contributed by atoms with Gasteiger partial charge in [0.15, 0.2) is 0 Å². The summed E-state index contributed by atoms with van der Waals surface area (Å²) in [5.41, 5.74) is 3.62. The Morgan fingerprint density at radius 1 is 1.05 bits per heavy atom. The molecule has 6 heteroatoms. The van der Waals surface area contributed by atoms with E-state index in [0.717, 1.165) is 16.7 Å². The van der Waals surface area contributed by atoms with Gasteiger partial charge < -0.3 is 14.6 Å². The van der Waals surface area contributed by atoms with E-state index in [1.165, 1.54) is 0 Å². The summed E-state index contributed by atoms with van der Waals surface area (Å²) >= 11 is 6.05. The van der Waals surface area contributed by atoms with Crippen molar-refractivity contribution in [3.05, 3.63) is 107 Å². The number of fused-ring (bicyclic) bond motifs is 1. The van der Waals surface area contributed by atoms with Crippen molar-refractivity contribution in [3.63, 3.8) is 0 Å². The molecule has 0 amide bonds. The molecule has 3 aromatic rings. The number of hydrogen-bond donors (Lipinski definition) is 1. The maximum Gasteiger partial charge on any atom is 0.338 e. The summed E-state index contributed by atoms with van der Waals surface area (Å²) in [6.45, 7) is 0. The lowest BCUT2D eigenvalue weighted by atomic mass is 9.91. The first-order valence-electron chi connectivity index (χ1n) is 12.6. The second-order valence-corrected chi connectivity index (χ2v) is 10.2. The zero-order valence-corrected chi connectivity index (χ0v) is 21.1. The third-order valence-electron chi connectivity index (χ3n) is 7.21. The summed E-state index contributed by atoms with van der Waals surface area (Å²) in [5, 5.41) is 11.2. The number of rotatable bonds is 8. The first-order chi connectivity index (χ1) is 18.0. The van der Waals surface area contributed by atoms with Gasteiger partial charge in [-0.1, -0.05) is 78.4 Å². The summed E-state index contributed by atoms with van der Waals surface area (Å²) in [7, 11) is 0. The fraction of sp³-hybridized carbons (Fsp3) is 0.290. The smallest absolute Gasteiger partial charge is 0.338 e. The van der Waals surface area contributed by atoms with E-state index in [2.05, 4.69) is 0 Å². The Morgan fingerprint density at radius 2 is 1.81 bits per heavy atom. The first-order valence-corrected chi connectivity index (χ1v) is 13.0. The third kappa shape index (κ3) is 6.12. The van der Waals surface area contributed by atoms with Crippen molar-refractivity contribution in [2.45, 2.75) is 44.0 Å². The van der Waals surface area contributed by atoms with E-state index in [9.17, 15) is 14.7 Å². The lowest BCUT2D eigenvalue weighted by Crippen LogP contribution is -2.25. The molecular weight excluding hydrogens is 488 g/mol. The van der Waals surface area contributed by atoms with Crippen LogP contribution in [0.2, 0.25) is 5.02 Å². The first kappa shape index (κ1) is 25.2. The van der Waals surface area contributed by atoms with Gasteiger partial charge in [-0.25, -0.2) is 4.79 Å².